The lowest BCUT2D eigenvalue weighted by atomic mass is 10.1. The fraction of sp³-hybridized carbons (Fsp3) is 0.174. The van der Waals surface area contributed by atoms with Crippen LogP contribution in [-0.4, -0.2) is 10.2 Å². The number of halogens is 6. The topological polar surface area (TPSA) is 41.1 Å². The van der Waals surface area contributed by atoms with Crippen LogP contribution in [-0.2, 0) is 11.3 Å². The van der Waals surface area contributed by atoms with Gasteiger partial charge in [-0.05, 0) is 35.9 Å². The molecule has 4 rings (SSSR count). The summed E-state index contributed by atoms with van der Waals surface area (Å²) in [6.45, 7) is 0.00551. The monoisotopic (exact) mass is 498 g/mol. The molecule has 0 bridgehead atoms. The number of benzene rings is 3. The van der Waals surface area contributed by atoms with Gasteiger partial charge in [0.25, 0.3) is 0 Å². The molecule has 2 atom stereocenters. The molecule has 0 spiro atoms. The second-order valence-corrected chi connectivity index (χ2v) is 9.29. The van der Waals surface area contributed by atoms with E-state index in [9.17, 15) is 18.0 Å². The van der Waals surface area contributed by atoms with Crippen molar-refractivity contribution < 1.29 is 18.0 Å². The molecule has 0 radical (unpaired) electrons. The Balaban J connectivity index is 1.50. The molecule has 0 heterocycles. The second kappa shape index (κ2) is 8.85. The third-order valence-electron chi connectivity index (χ3n) is 5.27. The maximum absolute atomic E-state index is 14.3. The van der Waals surface area contributed by atoms with E-state index in [0.717, 1.165) is 17.8 Å². The average molecular weight is 500 g/mol. The summed E-state index contributed by atoms with van der Waals surface area (Å²) in [5.41, 5.74) is 1.32. The first kappa shape index (κ1) is 22.8. The van der Waals surface area contributed by atoms with Crippen LogP contribution in [0.5, 0.6) is 0 Å². The van der Waals surface area contributed by atoms with E-state index in [1.807, 2.05) is 6.07 Å². The average Bonchev–Trinajstić information content (AvgIpc) is 3.34. The third kappa shape index (κ3) is 4.53. The van der Waals surface area contributed by atoms with Gasteiger partial charge in [0, 0.05) is 35.5 Å². The van der Waals surface area contributed by atoms with Gasteiger partial charge in [0.15, 0.2) is 11.6 Å². The van der Waals surface area contributed by atoms with E-state index in [4.69, 9.17) is 34.8 Å². The molecule has 3 aromatic carbocycles. The quantitative estimate of drug-likeness (QED) is 0.362. The SMILES string of the molecule is O=C(Nc1cc(F)c(F)c(CNc2ccccc2)c1)[C@H]1[C@H](c2ccc(F)c(Cl)c2)C1(Cl)Cl. The molecule has 1 aliphatic carbocycles. The number of hydrogen-bond donors (Lipinski definition) is 2. The third-order valence-corrected chi connectivity index (χ3v) is 6.50. The highest BCUT2D eigenvalue weighted by Gasteiger charge is 2.67. The molecule has 1 aliphatic rings. The number of para-hydroxylation sites is 1. The molecule has 3 aromatic rings. The van der Waals surface area contributed by atoms with Gasteiger partial charge in [-0.2, -0.15) is 0 Å². The fourth-order valence-electron chi connectivity index (χ4n) is 3.59. The van der Waals surface area contributed by atoms with Crippen LogP contribution in [0.3, 0.4) is 0 Å². The van der Waals surface area contributed by atoms with Gasteiger partial charge in [0.05, 0.1) is 10.9 Å². The minimum Gasteiger partial charge on any atom is -0.381 e. The van der Waals surface area contributed by atoms with Gasteiger partial charge in [-0.15, -0.1) is 23.2 Å². The van der Waals surface area contributed by atoms with E-state index in [2.05, 4.69) is 10.6 Å². The number of carbonyl (C=O) groups is 1. The van der Waals surface area contributed by atoms with E-state index in [1.165, 1.54) is 18.2 Å². The van der Waals surface area contributed by atoms with Gasteiger partial charge in [-0.1, -0.05) is 35.9 Å². The zero-order valence-electron chi connectivity index (χ0n) is 16.3. The van der Waals surface area contributed by atoms with Crippen LogP contribution in [0, 0.1) is 23.4 Å². The van der Waals surface area contributed by atoms with Crippen LogP contribution >= 0.6 is 34.8 Å². The van der Waals surface area contributed by atoms with Gasteiger partial charge in [-0.25, -0.2) is 13.2 Å². The fourth-order valence-corrected chi connectivity index (χ4v) is 4.61. The number of amides is 1. The van der Waals surface area contributed by atoms with Crippen molar-refractivity contribution in [3.63, 3.8) is 0 Å². The summed E-state index contributed by atoms with van der Waals surface area (Å²) in [6.07, 6.45) is 0. The highest BCUT2D eigenvalue weighted by atomic mass is 35.5. The Labute approximate surface area is 197 Å². The van der Waals surface area contributed by atoms with Crippen LogP contribution in [0.4, 0.5) is 24.5 Å². The molecule has 2 N–H and O–H groups in total. The molecule has 9 heteroatoms. The molecular formula is C23H16Cl3F3N2O. The molecule has 0 saturated heterocycles. The summed E-state index contributed by atoms with van der Waals surface area (Å²) >= 11 is 18.4. The number of alkyl halides is 2. The van der Waals surface area contributed by atoms with Gasteiger partial charge in [-0.3, -0.25) is 4.79 Å². The van der Waals surface area contributed by atoms with E-state index in [0.29, 0.717) is 5.56 Å². The van der Waals surface area contributed by atoms with Crippen molar-refractivity contribution in [2.75, 3.05) is 10.6 Å². The molecule has 1 saturated carbocycles. The first-order chi connectivity index (χ1) is 15.2. The second-order valence-electron chi connectivity index (χ2n) is 7.44. The van der Waals surface area contributed by atoms with Gasteiger partial charge in [0.1, 0.15) is 10.2 Å². The molecule has 1 amide bonds. The minimum atomic E-state index is -1.44. The van der Waals surface area contributed by atoms with E-state index >= 15 is 0 Å². The first-order valence-corrected chi connectivity index (χ1v) is 10.7. The van der Waals surface area contributed by atoms with Crippen molar-refractivity contribution in [3.8, 4) is 0 Å². The Morgan fingerprint density at radius 2 is 1.66 bits per heavy atom. The smallest absolute Gasteiger partial charge is 0.231 e. The molecule has 1 fully saturated rings. The Hall–Kier alpha value is -2.41. The van der Waals surface area contributed by atoms with Crippen molar-refractivity contribution in [3.05, 3.63) is 94.3 Å². The van der Waals surface area contributed by atoms with Gasteiger partial charge >= 0.3 is 0 Å². The summed E-state index contributed by atoms with van der Waals surface area (Å²) in [5, 5.41) is 5.42. The lowest BCUT2D eigenvalue weighted by Crippen LogP contribution is -2.18. The zero-order valence-corrected chi connectivity index (χ0v) is 18.6. The largest absolute Gasteiger partial charge is 0.381 e. The molecule has 0 aliphatic heterocycles. The number of carbonyl (C=O) groups excluding carboxylic acids is 1. The van der Waals surface area contributed by atoms with Crippen molar-refractivity contribution in [1.82, 2.24) is 0 Å². The molecule has 3 nitrogen and oxygen atoms in total. The van der Waals surface area contributed by atoms with Gasteiger partial charge in [0.2, 0.25) is 5.91 Å². The van der Waals surface area contributed by atoms with Gasteiger partial charge < -0.3 is 10.6 Å². The summed E-state index contributed by atoms with van der Waals surface area (Å²) < 4.78 is 40.4. The zero-order chi connectivity index (χ0) is 23.0. The predicted molar refractivity (Wildman–Crippen MR) is 121 cm³/mol. The van der Waals surface area contributed by atoms with Crippen molar-refractivity contribution >= 4 is 52.1 Å². The number of rotatable bonds is 6. The minimum absolute atomic E-state index is 0.00551. The van der Waals surface area contributed by atoms with Crippen LogP contribution < -0.4 is 10.6 Å². The molecule has 32 heavy (non-hydrogen) atoms. The summed E-state index contributed by atoms with van der Waals surface area (Å²) in [6, 6.07) is 15.2. The van der Waals surface area contributed by atoms with Crippen LogP contribution in [0.25, 0.3) is 0 Å². The first-order valence-electron chi connectivity index (χ1n) is 9.59. The van der Waals surface area contributed by atoms with Crippen LogP contribution in [0.2, 0.25) is 5.02 Å². The summed E-state index contributed by atoms with van der Waals surface area (Å²) in [5.74, 6) is -4.81. The molecule has 166 valence electrons. The van der Waals surface area contributed by atoms with Crippen molar-refractivity contribution in [2.45, 2.75) is 16.8 Å². The summed E-state index contributed by atoms with van der Waals surface area (Å²) in [4.78, 5) is 12.8. The molecule has 0 unspecified atom stereocenters. The Morgan fingerprint density at radius 1 is 0.938 bits per heavy atom. The summed E-state index contributed by atoms with van der Waals surface area (Å²) in [7, 11) is 0. The number of hydrogen-bond acceptors (Lipinski definition) is 2. The van der Waals surface area contributed by atoms with E-state index in [-0.39, 0.29) is 22.8 Å². The van der Waals surface area contributed by atoms with Crippen LogP contribution in [0.15, 0.2) is 60.7 Å². The maximum Gasteiger partial charge on any atom is 0.231 e. The predicted octanol–water partition coefficient (Wildman–Crippen LogP) is 6.90. The van der Waals surface area contributed by atoms with Crippen molar-refractivity contribution in [2.24, 2.45) is 5.92 Å². The highest BCUT2D eigenvalue weighted by Crippen LogP contribution is 2.65. The lowest BCUT2D eigenvalue weighted by molar-refractivity contribution is -0.117. The maximum atomic E-state index is 14.3. The Bertz CT molecular complexity index is 1170. The Kier molecular flexibility index (Phi) is 6.30. The lowest BCUT2D eigenvalue weighted by Gasteiger charge is -2.11. The number of nitrogens with one attached hydrogen (secondary N) is 2. The van der Waals surface area contributed by atoms with E-state index < -0.39 is 39.5 Å². The van der Waals surface area contributed by atoms with Crippen molar-refractivity contribution in [1.29, 1.82) is 0 Å². The standard InChI is InChI=1S/C23H16Cl3F3N2O/c24-16-9-12(6-7-17(16)27)19-20(23(19,25)26)22(32)31-15-8-13(21(29)18(28)10-15)11-30-14-4-2-1-3-5-14/h1-10,19-20,30H,11H2,(H,31,32)/t19-,20+/m0/s1. The number of anilines is 2. The Morgan fingerprint density at radius 3 is 2.34 bits per heavy atom. The van der Waals surface area contributed by atoms with E-state index in [1.54, 1.807) is 24.3 Å². The normalized spacial score (nSPS) is 18.8. The highest BCUT2D eigenvalue weighted by molar-refractivity contribution is 6.53. The van der Waals surface area contributed by atoms with Crippen LogP contribution in [0.1, 0.15) is 17.0 Å². The molecular weight excluding hydrogens is 484 g/mol. The molecule has 0 aromatic heterocycles.